The van der Waals surface area contributed by atoms with Gasteiger partial charge in [0, 0.05) is 101 Å². The summed E-state index contributed by atoms with van der Waals surface area (Å²) in [6, 6.07) is 18.1. The molecule has 0 radical (unpaired) electrons. The molecule has 4 saturated heterocycles. The van der Waals surface area contributed by atoms with Gasteiger partial charge in [-0.1, -0.05) is 30.3 Å². The van der Waals surface area contributed by atoms with Crippen molar-refractivity contribution in [3.63, 3.8) is 0 Å². The monoisotopic (exact) mass is 834 g/mol. The SMILES string of the molecule is Cc1cccc(F)c1CN1C[C@H](c2ccc(N3CCN(C(=O)CC4CCN(C(=O)CNc5cccc6c5C(=O)N(C5CCC(=O)NC5=O)C6=O)CC4)CC3)cc2)[C@@H](N(C)C)C1. The van der Waals surface area contributed by atoms with Crippen molar-refractivity contribution in [2.75, 3.05) is 83.2 Å². The maximum Gasteiger partial charge on any atom is 0.264 e. The van der Waals surface area contributed by atoms with Crippen LogP contribution in [0, 0.1) is 18.7 Å². The van der Waals surface area contributed by atoms with E-state index < -0.39 is 29.7 Å². The number of imide groups is 2. The Bertz CT molecular complexity index is 2180. The van der Waals surface area contributed by atoms with E-state index in [0.717, 1.165) is 47.9 Å². The van der Waals surface area contributed by atoms with Crippen molar-refractivity contribution in [1.82, 2.24) is 29.8 Å². The number of hydrogen-bond acceptors (Lipinski definition) is 10. The number of piperazine rings is 1. The number of aryl methyl sites for hydroxylation is 1. The largest absolute Gasteiger partial charge is 0.375 e. The van der Waals surface area contributed by atoms with Crippen molar-refractivity contribution in [3.05, 3.63) is 94.3 Å². The van der Waals surface area contributed by atoms with Gasteiger partial charge in [-0.25, -0.2) is 4.39 Å². The lowest BCUT2D eigenvalue weighted by atomic mass is 9.92. The molecule has 5 aliphatic rings. The third-order valence-electron chi connectivity index (χ3n) is 13.4. The Hall–Kier alpha value is -5.67. The maximum atomic E-state index is 14.7. The summed E-state index contributed by atoms with van der Waals surface area (Å²) in [5.41, 5.74) is 4.77. The number of fused-ring (bicyclic) bond motifs is 1. The van der Waals surface area contributed by atoms with Crippen LogP contribution in [0.4, 0.5) is 15.8 Å². The molecule has 6 amide bonds. The van der Waals surface area contributed by atoms with E-state index in [9.17, 15) is 33.2 Å². The second-order valence-electron chi connectivity index (χ2n) is 17.4. The first kappa shape index (κ1) is 42.0. The standard InChI is InChI=1S/C46H55FN8O6/c1-29-6-4-8-36(47)34(29)26-51-27-35(39(28-51)50(2)3)31-10-12-32(13-11-31)52-20-22-54(23-21-52)41(57)24-30-16-18-53(19-17-30)42(58)25-48-37-9-5-7-33-43(37)46(61)55(45(33)60)38-14-15-40(56)49-44(38)59/h4-13,30,35,38-39,48H,14-28H2,1-3H3,(H,49,56,59)/t35-,38?,39+/m1/s1. The number of anilines is 2. The van der Waals surface area contributed by atoms with E-state index in [-0.39, 0.29) is 54.1 Å². The molecule has 0 bridgehead atoms. The summed E-state index contributed by atoms with van der Waals surface area (Å²) < 4.78 is 14.7. The summed E-state index contributed by atoms with van der Waals surface area (Å²) in [5, 5.41) is 5.25. The highest BCUT2D eigenvalue weighted by Crippen LogP contribution is 2.35. The lowest BCUT2D eigenvalue weighted by Crippen LogP contribution is -2.54. The zero-order valence-corrected chi connectivity index (χ0v) is 35.2. The minimum atomic E-state index is -1.07. The number of likely N-dealkylation sites (N-methyl/N-ethyl adjacent to an activating group) is 1. The number of carbonyl (C=O) groups excluding carboxylic acids is 6. The summed E-state index contributed by atoms with van der Waals surface area (Å²) in [4.78, 5) is 89.0. The number of amides is 6. The molecule has 2 N–H and O–H groups in total. The second-order valence-corrected chi connectivity index (χ2v) is 17.4. The Morgan fingerprint density at radius 2 is 1.52 bits per heavy atom. The Kier molecular flexibility index (Phi) is 12.2. The van der Waals surface area contributed by atoms with Crippen LogP contribution >= 0.6 is 0 Å². The van der Waals surface area contributed by atoms with Crippen LogP contribution in [0.1, 0.15) is 75.4 Å². The summed E-state index contributed by atoms with van der Waals surface area (Å²) >= 11 is 0. The smallest absolute Gasteiger partial charge is 0.264 e. The summed E-state index contributed by atoms with van der Waals surface area (Å²) in [6.07, 6.45) is 1.98. The highest BCUT2D eigenvalue weighted by Gasteiger charge is 2.46. The van der Waals surface area contributed by atoms with E-state index in [4.69, 9.17) is 0 Å². The van der Waals surface area contributed by atoms with Crippen LogP contribution in [-0.2, 0) is 25.7 Å². The average Bonchev–Trinajstić information content (AvgIpc) is 3.80. The van der Waals surface area contributed by atoms with Crippen LogP contribution in [0.25, 0.3) is 0 Å². The van der Waals surface area contributed by atoms with E-state index in [1.54, 1.807) is 29.2 Å². The molecule has 1 unspecified atom stereocenters. The number of nitrogens with one attached hydrogen (secondary N) is 2. The van der Waals surface area contributed by atoms with Crippen molar-refractivity contribution in [2.24, 2.45) is 5.92 Å². The Morgan fingerprint density at radius 3 is 2.21 bits per heavy atom. The van der Waals surface area contributed by atoms with Crippen molar-refractivity contribution in [3.8, 4) is 0 Å². The molecule has 5 heterocycles. The fourth-order valence-corrected chi connectivity index (χ4v) is 9.79. The molecule has 3 aromatic rings. The van der Waals surface area contributed by atoms with E-state index >= 15 is 0 Å². The van der Waals surface area contributed by atoms with Gasteiger partial charge in [0.2, 0.25) is 23.6 Å². The topological polar surface area (TPSA) is 146 Å². The molecule has 8 rings (SSSR count). The summed E-state index contributed by atoms with van der Waals surface area (Å²) in [6.45, 7) is 8.09. The number of hydrogen-bond donors (Lipinski definition) is 2. The first-order valence-corrected chi connectivity index (χ1v) is 21.5. The number of carbonyl (C=O) groups is 6. The Labute approximate surface area is 356 Å². The quantitative estimate of drug-likeness (QED) is 0.276. The fourth-order valence-electron chi connectivity index (χ4n) is 9.79. The highest BCUT2D eigenvalue weighted by atomic mass is 19.1. The van der Waals surface area contributed by atoms with Crippen molar-refractivity contribution in [1.29, 1.82) is 0 Å². The van der Waals surface area contributed by atoms with Crippen LogP contribution in [0.3, 0.4) is 0 Å². The molecule has 0 aliphatic carbocycles. The average molecular weight is 835 g/mol. The zero-order chi connectivity index (χ0) is 42.9. The predicted octanol–water partition coefficient (Wildman–Crippen LogP) is 3.45. The number of halogens is 1. The Morgan fingerprint density at radius 1 is 0.820 bits per heavy atom. The number of likely N-dealkylation sites (tertiary alicyclic amines) is 2. The third kappa shape index (κ3) is 8.76. The van der Waals surface area contributed by atoms with E-state index in [2.05, 4.69) is 63.7 Å². The molecular weight excluding hydrogens is 780 g/mol. The third-order valence-corrected chi connectivity index (χ3v) is 13.4. The molecule has 0 aromatic heterocycles. The molecule has 3 atom stereocenters. The van der Waals surface area contributed by atoms with E-state index in [1.807, 2.05) is 17.9 Å². The molecule has 3 aromatic carbocycles. The molecule has 4 fully saturated rings. The zero-order valence-electron chi connectivity index (χ0n) is 35.2. The van der Waals surface area contributed by atoms with Crippen LogP contribution < -0.4 is 15.5 Å². The van der Waals surface area contributed by atoms with Gasteiger partial charge in [0.05, 0.1) is 17.7 Å². The molecule has 61 heavy (non-hydrogen) atoms. The molecular formula is C46H55FN8O6. The number of nitrogens with zero attached hydrogens (tertiary/aromatic N) is 6. The first-order valence-electron chi connectivity index (χ1n) is 21.5. The van der Waals surface area contributed by atoms with Gasteiger partial charge in [-0.05, 0) is 87.7 Å². The fraction of sp³-hybridized carbons (Fsp3) is 0.478. The van der Waals surface area contributed by atoms with Crippen LogP contribution in [0.5, 0.6) is 0 Å². The number of piperidine rings is 2. The van der Waals surface area contributed by atoms with Crippen molar-refractivity contribution < 1.29 is 33.2 Å². The number of rotatable bonds is 11. The van der Waals surface area contributed by atoms with Gasteiger partial charge in [-0.2, -0.15) is 0 Å². The molecule has 15 heteroatoms. The molecule has 322 valence electrons. The van der Waals surface area contributed by atoms with Gasteiger partial charge < -0.3 is 24.9 Å². The number of benzene rings is 3. The minimum absolute atomic E-state index is 0.0308. The molecule has 5 aliphatic heterocycles. The van der Waals surface area contributed by atoms with Crippen LogP contribution in [0.2, 0.25) is 0 Å². The van der Waals surface area contributed by atoms with Crippen LogP contribution in [-0.4, -0.2) is 145 Å². The van der Waals surface area contributed by atoms with Crippen LogP contribution in [0.15, 0.2) is 60.7 Å². The van der Waals surface area contributed by atoms with Crippen molar-refractivity contribution >= 4 is 46.8 Å². The molecule has 0 saturated carbocycles. The van der Waals surface area contributed by atoms with Gasteiger partial charge >= 0.3 is 0 Å². The van der Waals surface area contributed by atoms with Gasteiger partial charge in [-0.15, -0.1) is 0 Å². The van der Waals surface area contributed by atoms with Crippen molar-refractivity contribution in [2.45, 2.75) is 63.6 Å². The maximum absolute atomic E-state index is 14.7. The van der Waals surface area contributed by atoms with E-state index in [0.29, 0.717) is 69.6 Å². The normalized spacial score (nSPS) is 22.6. The lowest BCUT2D eigenvalue weighted by molar-refractivity contribution is -0.137. The van der Waals surface area contributed by atoms with Gasteiger partial charge in [0.25, 0.3) is 11.8 Å². The van der Waals surface area contributed by atoms with Gasteiger partial charge in [-0.3, -0.25) is 43.9 Å². The van der Waals surface area contributed by atoms with Gasteiger partial charge in [0.1, 0.15) is 11.9 Å². The Balaban J connectivity index is 0.776. The summed E-state index contributed by atoms with van der Waals surface area (Å²) in [5.74, 6) is -2.01. The lowest BCUT2D eigenvalue weighted by Gasteiger charge is -2.38. The molecule has 14 nitrogen and oxygen atoms in total. The predicted molar refractivity (Wildman–Crippen MR) is 227 cm³/mol. The van der Waals surface area contributed by atoms with E-state index in [1.165, 1.54) is 11.6 Å². The minimum Gasteiger partial charge on any atom is -0.375 e. The highest BCUT2D eigenvalue weighted by molar-refractivity contribution is 6.25. The molecule has 0 spiro atoms. The second kappa shape index (κ2) is 17.7. The summed E-state index contributed by atoms with van der Waals surface area (Å²) in [7, 11) is 4.23. The van der Waals surface area contributed by atoms with Gasteiger partial charge in [0.15, 0.2) is 0 Å². The first-order chi connectivity index (χ1) is 29.4.